The molecular formula is C23H29N3O3. The van der Waals surface area contributed by atoms with Gasteiger partial charge in [-0.3, -0.25) is 14.6 Å². The van der Waals surface area contributed by atoms with Crippen molar-refractivity contribution in [3.63, 3.8) is 0 Å². The van der Waals surface area contributed by atoms with E-state index in [0.717, 1.165) is 11.3 Å². The summed E-state index contributed by atoms with van der Waals surface area (Å²) in [6.45, 7) is 5.51. The molecule has 2 heterocycles. The number of pyridine rings is 1. The van der Waals surface area contributed by atoms with Gasteiger partial charge >= 0.3 is 0 Å². The van der Waals surface area contributed by atoms with Crippen molar-refractivity contribution in [2.45, 2.75) is 38.8 Å². The molecular weight excluding hydrogens is 366 g/mol. The molecule has 29 heavy (non-hydrogen) atoms. The Kier molecular flexibility index (Phi) is 6.99. The maximum atomic E-state index is 13.3. The van der Waals surface area contributed by atoms with Gasteiger partial charge in [-0.2, -0.15) is 0 Å². The standard InChI is InChI=1S/C23H29N3O3/c1-18(2)14-21(27)26-12-13-29-23(17-26,15-20-10-6-7-11-24-20)22(28)25-16-19-8-4-3-5-9-19/h3-11,18H,12-17H2,1-2H3,(H,25,28)/t23-/m0/s1. The Bertz CT molecular complexity index is 811. The van der Waals surface area contributed by atoms with Crippen LogP contribution in [0.1, 0.15) is 31.5 Å². The van der Waals surface area contributed by atoms with Gasteiger partial charge in [0.25, 0.3) is 5.91 Å². The molecule has 0 unspecified atom stereocenters. The predicted octanol–water partition coefficient (Wildman–Crippen LogP) is 2.58. The van der Waals surface area contributed by atoms with Crippen molar-refractivity contribution in [2.24, 2.45) is 5.92 Å². The van der Waals surface area contributed by atoms with Gasteiger partial charge < -0.3 is 15.0 Å². The van der Waals surface area contributed by atoms with Crippen LogP contribution in [0.2, 0.25) is 0 Å². The van der Waals surface area contributed by atoms with E-state index in [1.807, 2.05) is 62.4 Å². The lowest BCUT2D eigenvalue weighted by Gasteiger charge is -2.41. The normalized spacial score (nSPS) is 19.2. The first-order chi connectivity index (χ1) is 14.0. The number of hydrogen-bond acceptors (Lipinski definition) is 4. The summed E-state index contributed by atoms with van der Waals surface area (Å²) in [5, 5.41) is 3.00. The summed E-state index contributed by atoms with van der Waals surface area (Å²) >= 11 is 0. The Morgan fingerprint density at radius 2 is 1.93 bits per heavy atom. The lowest BCUT2D eigenvalue weighted by molar-refractivity contribution is -0.166. The maximum absolute atomic E-state index is 13.3. The van der Waals surface area contributed by atoms with Crippen molar-refractivity contribution in [1.29, 1.82) is 0 Å². The Morgan fingerprint density at radius 3 is 2.62 bits per heavy atom. The lowest BCUT2D eigenvalue weighted by Crippen LogP contribution is -2.62. The third-order valence-corrected chi connectivity index (χ3v) is 5.02. The summed E-state index contributed by atoms with van der Waals surface area (Å²) in [5.41, 5.74) is 0.631. The molecule has 6 heteroatoms. The number of carbonyl (C=O) groups excluding carboxylic acids is 2. The molecule has 1 N–H and O–H groups in total. The van der Waals surface area contributed by atoms with Gasteiger partial charge in [-0.15, -0.1) is 0 Å². The van der Waals surface area contributed by atoms with Gasteiger partial charge in [-0.25, -0.2) is 0 Å². The molecule has 1 saturated heterocycles. The van der Waals surface area contributed by atoms with Crippen LogP contribution in [0.25, 0.3) is 0 Å². The van der Waals surface area contributed by atoms with Gasteiger partial charge in [0, 0.05) is 37.8 Å². The molecule has 6 nitrogen and oxygen atoms in total. The van der Waals surface area contributed by atoms with E-state index < -0.39 is 5.60 Å². The minimum absolute atomic E-state index is 0.0598. The number of carbonyl (C=O) groups is 2. The topological polar surface area (TPSA) is 71.5 Å². The molecule has 1 fully saturated rings. The van der Waals surface area contributed by atoms with Gasteiger partial charge in [0.05, 0.1) is 13.2 Å². The van der Waals surface area contributed by atoms with Gasteiger partial charge in [0.2, 0.25) is 5.91 Å². The van der Waals surface area contributed by atoms with Crippen LogP contribution in [-0.4, -0.2) is 47.0 Å². The van der Waals surface area contributed by atoms with E-state index in [0.29, 0.717) is 32.5 Å². The highest BCUT2D eigenvalue weighted by Gasteiger charge is 2.45. The predicted molar refractivity (Wildman–Crippen MR) is 111 cm³/mol. The molecule has 1 aliphatic rings. The highest BCUT2D eigenvalue weighted by Crippen LogP contribution is 2.24. The fourth-order valence-electron chi connectivity index (χ4n) is 3.53. The van der Waals surface area contributed by atoms with Crippen LogP contribution >= 0.6 is 0 Å². The van der Waals surface area contributed by atoms with Crippen molar-refractivity contribution in [3.05, 3.63) is 66.0 Å². The zero-order valence-electron chi connectivity index (χ0n) is 17.1. The molecule has 0 radical (unpaired) electrons. The molecule has 1 aliphatic heterocycles. The smallest absolute Gasteiger partial charge is 0.254 e. The number of ether oxygens (including phenoxy) is 1. The van der Waals surface area contributed by atoms with E-state index in [2.05, 4.69) is 10.3 Å². The molecule has 0 bridgehead atoms. The van der Waals surface area contributed by atoms with Gasteiger partial charge in [0.15, 0.2) is 5.60 Å². The average Bonchev–Trinajstić information content (AvgIpc) is 2.73. The van der Waals surface area contributed by atoms with Crippen molar-refractivity contribution < 1.29 is 14.3 Å². The molecule has 0 spiro atoms. The third kappa shape index (κ3) is 5.64. The zero-order chi connectivity index (χ0) is 20.7. The minimum atomic E-state index is -1.14. The quantitative estimate of drug-likeness (QED) is 0.782. The third-order valence-electron chi connectivity index (χ3n) is 5.02. The number of amides is 2. The number of benzene rings is 1. The molecule has 1 aromatic heterocycles. The number of nitrogens with zero attached hydrogens (tertiary/aromatic N) is 2. The lowest BCUT2D eigenvalue weighted by atomic mass is 9.92. The fraction of sp³-hybridized carbons (Fsp3) is 0.435. The van der Waals surface area contributed by atoms with Crippen molar-refractivity contribution in [3.8, 4) is 0 Å². The molecule has 2 amide bonds. The van der Waals surface area contributed by atoms with Gasteiger partial charge in [0.1, 0.15) is 0 Å². The Hall–Kier alpha value is -2.73. The molecule has 1 atom stereocenters. The second-order valence-corrected chi connectivity index (χ2v) is 7.92. The van der Waals surface area contributed by atoms with E-state index in [-0.39, 0.29) is 24.3 Å². The van der Waals surface area contributed by atoms with Crippen LogP contribution in [0.3, 0.4) is 0 Å². The Labute approximate surface area is 172 Å². The minimum Gasteiger partial charge on any atom is -0.361 e. The number of aromatic nitrogens is 1. The van der Waals surface area contributed by atoms with E-state index in [4.69, 9.17) is 4.74 Å². The highest BCUT2D eigenvalue weighted by atomic mass is 16.5. The van der Waals surface area contributed by atoms with Crippen LogP contribution in [-0.2, 0) is 27.3 Å². The summed E-state index contributed by atoms with van der Waals surface area (Å²) in [6, 6.07) is 15.4. The van der Waals surface area contributed by atoms with Crippen molar-refractivity contribution in [1.82, 2.24) is 15.2 Å². The first-order valence-electron chi connectivity index (χ1n) is 10.1. The maximum Gasteiger partial charge on any atom is 0.254 e. The first-order valence-corrected chi connectivity index (χ1v) is 10.1. The van der Waals surface area contributed by atoms with Crippen molar-refractivity contribution in [2.75, 3.05) is 19.7 Å². The molecule has 0 aliphatic carbocycles. The average molecular weight is 396 g/mol. The monoisotopic (exact) mass is 395 g/mol. The SMILES string of the molecule is CC(C)CC(=O)N1CCO[C@](Cc2ccccn2)(C(=O)NCc2ccccc2)C1. The largest absolute Gasteiger partial charge is 0.361 e. The fourth-order valence-corrected chi connectivity index (χ4v) is 3.53. The number of nitrogens with one attached hydrogen (secondary N) is 1. The molecule has 1 aromatic carbocycles. The van der Waals surface area contributed by atoms with Crippen LogP contribution in [0.5, 0.6) is 0 Å². The van der Waals surface area contributed by atoms with E-state index >= 15 is 0 Å². The molecule has 0 saturated carbocycles. The summed E-state index contributed by atoms with van der Waals surface area (Å²) < 4.78 is 6.06. The molecule has 2 aromatic rings. The number of hydrogen-bond donors (Lipinski definition) is 1. The van der Waals surface area contributed by atoms with E-state index in [1.54, 1.807) is 11.1 Å². The van der Waals surface area contributed by atoms with Crippen LogP contribution in [0, 0.1) is 5.92 Å². The van der Waals surface area contributed by atoms with E-state index in [9.17, 15) is 9.59 Å². The zero-order valence-corrected chi connectivity index (χ0v) is 17.1. The second kappa shape index (κ2) is 9.65. The summed E-state index contributed by atoms with van der Waals surface area (Å²) in [7, 11) is 0. The number of morpholine rings is 1. The second-order valence-electron chi connectivity index (χ2n) is 7.92. The highest BCUT2D eigenvalue weighted by molar-refractivity contribution is 5.87. The molecule has 154 valence electrons. The Balaban J connectivity index is 1.79. The van der Waals surface area contributed by atoms with Gasteiger partial charge in [-0.1, -0.05) is 50.2 Å². The van der Waals surface area contributed by atoms with Crippen molar-refractivity contribution >= 4 is 11.8 Å². The van der Waals surface area contributed by atoms with Crippen LogP contribution in [0.15, 0.2) is 54.7 Å². The van der Waals surface area contributed by atoms with Crippen LogP contribution < -0.4 is 5.32 Å². The van der Waals surface area contributed by atoms with Gasteiger partial charge in [-0.05, 0) is 23.6 Å². The first kappa shape index (κ1) is 21.0. The number of rotatable bonds is 7. The van der Waals surface area contributed by atoms with Crippen LogP contribution in [0.4, 0.5) is 0 Å². The summed E-state index contributed by atoms with van der Waals surface area (Å²) in [6.07, 6.45) is 2.49. The van der Waals surface area contributed by atoms with E-state index in [1.165, 1.54) is 0 Å². The summed E-state index contributed by atoms with van der Waals surface area (Å²) in [5.74, 6) is 0.112. The Morgan fingerprint density at radius 1 is 1.17 bits per heavy atom. The summed E-state index contributed by atoms with van der Waals surface area (Å²) in [4.78, 5) is 32.1. The molecule has 3 rings (SSSR count).